The molecular weight excluding hydrogens is 297 g/mol. The highest BCUT2D eigenvalue weighted by atomic mass is 32.2. The smallest absolute Gasteiger partial charge is 0.312 e. The van der Waals surface area contributed by atoms with Crippen LogP contribution in [0.25, 0.3) is 0 Å². The fourth-order valence-corrected chi connectivity index (χ4v) is 2.36. The maximum atomic E-state index is 12.2. The molecule has 0 amide bonds. The van der Waals surface area contributed by atoms with Crippen LogP contribution < -0.4 is 5.32 Å². The summed E-state index contributed by atoms with van der Waals surface area (Å²) in [5.74, 6) is 0. The molecule has 1 heterocycles. The molecule has 0 aliphatic carbocycles. The van der Waals surface area contributed by atoms with Crippen LogP contribution >= 0.6 is 11.8 Å². The second-order valence-corrected chi connectivity index (χ2v) is 5.61. The number of pyridine rings is 1. The van der Waals surface area contributed by atoms with E-state index in [-0.39, 0.29) is 16.7 Å². The fourth-order valence-electron chi connectivity index (χ4n) is 1.82. The van der Waals surface area contributed by atoms with Crippen molar-refractivity contribution >= 4 is 11.8 Å². The summed E-state index contributed by atoms with van der Waals surface area (Å²) in [6, 6.07) is 10.4. The van der Waals surface area contributed by atoms with Gasteiger partial charge in [-0.05, 0) is 60.1 Å². The lowest BCUT2D eigenvalue weighted by molar-refractivity contribution is -0.0328. The molecule has 1 N–H and O–H groups in total. The van der Waals surface area contributed by atoms with Gasteiger partial charge in [-0.3, -0.25) is 4.98 Å². The van der Waals surface area contributed by atoms with Crippen LogP contribution in [0.5, 0.6) is 0 Å². The molecule has 0 saturated heterocycles. The Balaban J connectivity index is 1.74. The van der Waals surface area contributed by atoms with Crippen molar-refractivity contribution in [3.05, 3.63) is 59.9 Å². The van der Waals surface area contributed by atoms with Gasteiger partial charge in [0.2, 0.25) is 0 Å². The molecule has 0 radical (unpaired) electrons. The van der Waals surface area contributed by atoms with Gasteiger partial charge < -0.3 is 5.32 Å². The van der Waals surface area contributed by atoms with Crippen LogP contribution in [0, 0.1) is 0 Å². The molecule has 0 saturated carbocycles. The van der Waals surface area contributed by atoms with Gasteiger partial charge in [0.1, 0.15) is 0 Å². The molecule has 0 spiro atoms. The Morgan fingerprint density at radius 1 is 0.952 bits per heavy atom. The fraction of sp³-hybridized carbons (Fsp3) is 0.267. The normalized spacial score (nSPS) is 11.6. The summed E-state index contributed by atoms with van der Waals surface area (Å²) < 4.78 is 36.6. The van der Waals surface area contributed by atoms with E-state index in [0.717, 1.165) is 18.5 Å². The zero-order valence-corrected chi connectivity index (χ0v) is 12.0. The Bertz CT molecular complexity index is 541. The van der Waals surface area contributed by atoms with Crippen molar-refractivity contribution < 1.29 is 13.2 Å². The van der Waals surface area contributed by atoms with Crippen molar-refractivity contribution in [1.82, 2.24) is 10.3 Å². The Morgan fingerprint density at radius 3 is 2.24 bits per heavy atom. The first kappa shape index (κ1) is 15.9. The number of hydrogen-bond acceptors (Lipinski definition) is 3. The quantitative estimate of drug-likeness (QED) is 0.644. The van der Waals surface area contributed by atoms with Crippen molar-refractivity contribution in [1.29, 1.82) is 0 Å². The standard InChI is InChI=1S/C15H15F3N2S/c16-15(17,18)21-14-3-1-13(2-4-14)11-20-10-7-12-5-8-19-9-6-12/h1-6,8-9,20H,7,10-11H2. The molecule has 0 aliphatic heterocycles. The van der Waals surface area contributed by atoms with Gasteiger partial charge in [-0.1, -0.05) is 12.1 Å². The van der Waals surface area contributed by atoms with E-state index in [1.807, 2.05) is 12.1 Å². The van der Waals surface area contributed by atoms with E-state index in [1.165, 1.54) is 17.7 Å². The number of rotatable bonds is 6. The highest BCUT2D eigenvalue weighted by Crippen LogP contribution is 2.36. The van der Waals surface area contributed by atoms with Gasteiger partial charge in [-0.15, -0.1) is 0 Å². The Morgan fingerprint density at radius 2 is 1.62 bits per heavy atom. The molecule has 0 fully saturated rings. The average Bonchev–Trinajstić information content (AvgIpc) is 2.45. The van der Waals surface area contributed by atoms with Crippen LogP contribution in [0.1, 0.15) is 11.1 Å². The molecule has 1 aromatic carbocycles. The van der Waals surface area contributed by atoms with Gasteiger partial charge >= 0.3 is 5.51 Å². The second kappa shape index (κ2) is 7.47. The maximum absolute atomic E-state index is 12.2. The van der Waals surface area contributed by atoms with E-state index in [0.29, 0.717) is 6.54 Å². The van der Waals surface area contributed by atoms with Gasteiger partial charge in [0, 0.05) is 23.8 Å². The zero-order chi connectivity index (χ0) is 15.1. The van der Waals surface area contributed by atoms with E-state index in [1.54, 1.807) is 24.5 Å². The maximum Gasteiger partial charge on any atom is 0.446 e. The number of aromatic nitrogens is 1. The molecule has 2 rings (SSSR count). The lowest BCUT2D eigenvalue weighted by Gasteiger charge is -2.08. The number of nitrogens with one attached hydrogen (secondary N) is 1. The molecule has 0 unspecified atom stereocenters. The van der Waals surface area contributed by atoms with Crippen molar-refractivity contribution in [3.63, 3.8) is 0 Å². The average molecular weight is 312 g/mol. The van der Waals surface area contributed by atoms with E-state index >= 15 is 0 Å². The molecule has 0 bridgehead atoms. The number of thioether (sulfide) groups is 1. The highest BCUT2D eigenvalue weighted by molar-refractivity contribution is 8.00. The molecule has 2 nitrogen and oxygen atoms in total. The van der Waals surface area contributed by atoms with Crippen LogP contribution in [-0.2, 0) is 13.0 Å². The van der Waals surface area contributed by atoms with Crippen LogP contribution in [0.2, 0.25) is 0 Å². The molecule has 21 heavy (non-hydrogen) atoms. The lowest BCUT2D eigenvalue weighted by atomic mass is 10.2. The molecule has 0 atom stereocenters. The predicted octanol–water partition coefficient (Wildman–Crippen LogP) is 4.03. The first-order chi connectivity index (χ1) is 10.0. The van der Waals surface area contributed by atoms with Crippen molar-refractivity contribution in [3.8, 4) is 0 Å². The summed E-state index contributed by atoms with van der Waals surface area (Å²) in [5, 5.41) is 3.27. The summed E-state index contributed by atoms with van der Waals surface area (Å²) in [5.41, 5.74) is -2.06. The highest BCUT2D eigenvalue weighted by Gasteiger charge is 2.28. The zero-order valence-electron chi connectivity index (χ0n) is 11.2. The van der Waals surface area contributed by atoms with Crippen molar-refractivity contribution in [2.75, 3.05) is 6.54 Å². The molecular formula is C15H15F3N2S. The Labute approximate surface area is 125 Å². The minimum Gasteiger partial charge on any atom is -0.312 e. The van der Waals surface area contributed by atoms with E-state index < -0.39 is 5.51 Å². The van der Waals surface area contributed by atoms with Gasteiger partial charge in [-0.2, -0.15) is 13.2 Å². The first-order valence-electron chi connectivity index (χ1n) is 6.47. The predicted molar refractivity (Wildman–Crippen MR) is 78.0 cm³/mol. The monoisotopic (exact) mass is 312 g/mol. The van der Waals surface area contributed by atoms with Gasteiger partial charge in [0.05, 0.1) is 0 Å². The second-order valence-electron chi connectivity index (χ2n) is 4.47. The summed E-state index contributed by atoms with van der Waals surface area (Å²) in [6.07, 6.45) is 4.41. The van der Waals surface area contributed by atoms with E-state index in [9.17, 15) is 13.2 Å². The summed E-state index contributed by atoms with van der Waals surface area (Å²) >= 11 is -0.0913. The minimum atomic E-state index is -4.23. The third kappa shape index (κ3) is 6.18. The number of hydrogen-bond donors (Lipinski definition) is 1. The number of halogens is 3. The number of alkyl halides is 3. The summed E-state index contributed by atoms with van der Waals surface area (Å²) in [7, 11) is 0. The SMILES string of the molecule is FC(F)(F)Sc1ccc(CNCCc2ccncc2)cc1. The lowest BCUT2D eigenvalue weighted by Crippen LogP contribution is -2.16. The van der Waals surface area contributed by atoms with Gasteiger partial charge in [0.25, 0.3) is 0 Å². The molecule has 0 aliphatic rings. The summed E-state index contributed by atoms with van der Waals surface area (Å²) in [6.45, 7) is 1.45. The topological polar surface area (TPSA) is 24.9 Å². The van der Waals surface area contributed by atoms with Crippen molar-refractivity contribution in [2.45, 2.75) is 23.4 Å². The molecule has 112 valence electrons. The number of nitrogens with zero attached hydrogens (tertiary/aromatic N) is 1. The first-order valence-corrected chi connectivity index (χ1v) is 7.29. The van der Waals surface area contributed by atoms with Crippen LogP contribution in [-0.4, -0.2) is 17.0 Å². The van der Waals surface area contributed by atoms with Crippen molar-refractivity contribution in [2.24, 2.45) is 0 Å². The van der Waals surface area contributed by atoms with Crippen LogP contribution in [0.15, 0.2) is 53.7 Å². The van der Waals surface area contributed by atoms with Gasteiger partial charge in [-0.25, -0.2) is 0 Å². The van der Waals surface area contributed by atoms with Crippen LogP contribution in [0.4, 0.5) is 13.2 Å². The Hall–Kier alpha value is -1.53. The minimum absolute atomic E-state index is 0.0913. The van der Waals surface area contributed by atoms with E-state index in [4.69, 9.17) is 0 Å². The van der Waals surface area contributed by atoms with Crippen LogP contribution in [0.3, 0.4) is 0 Å². The third-order valence-electron chi connectivity index (χ3n) is 2.83. The van der Waals surface area contributed by atoms with Gasteiger partial charge in [0.15, 0.2) is 0 Å². The Kier molecular flexibility index (Phi) is 5.64. The molecule has 6 heteroatoms. The molecule has 2 aromatic rings. The van der Waals surface area contributed by atoms with E-state index in [2.05, 4.69) is 10.3 Å². The number of benzene rings is 1. The summed E-state index contributed by atoms with van der Waals surface area (Å²) in [4.78, 5) is 4.16. The largest absolute Gasteiger partial charge is 0.446 e. The third-order valence-corrected chi connectivity index (χ3v) is 3.57. The molecule has 1 aromatic heterocycles.